The lowest BCUT2D eigenvalue weighted by atomic mass is 9.99. The van der Waals surface area contributed by atoms with Crippen molar-refractivity contribution >= 4 is 39.5 Å². The number of aliphatic hydroxyl groups excluding tert-OH is 1. The topological polar surface area (TPSA) is 237 Å². The van der Waals surface area contributed by atoms with E-state index in [2.05, 4.69) is 34.6 Å². The largest absolute Gasteiger partial charge is 0.472 e. The third kappa shape index (κ3) is 74.7. The zero-order chi connectivity index (χ0) is 74.1. The van der Waals surface area contributed by atoms with Crippen LogP contribution in [0.25, 0.3) is 0 Å². The molecule has 0 bridgehead atoms. The van der Waals surface area contributed by atoms with Crippen molar-refractivity contribution in [1.29, 1.82) is 0 Å². The minimum atomic E-state index is -4.96. The van der Waals surface area contributed by atoms with E-state index in [1.165, 1.54) is 263 Å². The minimum absolute atomic E-state index is 0.109. The summed E-state index contributed by atoms with van der Waals surface area (Å²) in [5.74, 6) is -1.26. The minimum Gasteiger partial charge on any atom is -0.462 e. The average Bonchev–Trinajstić information content (AvgIpc) is 1.04. The molecule has 3 unspecified atom stereocenters. The Hall–Kier alpha value is -1.94. The third-order valence-electron chi connectivity index (χ3n) is 19.6. The average molecular weight is 1480 g/mol. The molecule has 0 aromatic heterocycles. The summed E-state index contributed by atoms with van der Waals surface area (Å²) in [7, 11) is -9.92. The van der Waals surface area contributed by atoms with E-state index in [9.17, 15) is 43.2 Å². The summed E-state index contributed by atoms with van der Waals surface area (Å²) in [6, 6.07) is 0. The lowest BCUT2D eigenvalue weighted by Crippen LogP contribution is -2.30. The number of hydrogen-bond donors (Lipinski definition) is 3. The fourth-order valence-electron chi connectivity index (χ4n) is 12.7. The smallest absolute Gasteiger partial charge is 0.462 e. The molecule has 0 radical (unpaired) electrons. The van der Waals surface area contributed by atoms with E-state index < -0.39 is 97.5 Å². The standard InChI is InChI=1S/C82H160O17P2/c1-6-10-13-16-19-22-24-26-28-30-31-32-34-40-44-48-53-58-63-68-82(87)99-78(72-93-80(85)66-61-56-51-46-42-38-36-35-37-41-45-49-54-59-64-75(5)9-4)74-97-101(90,91)95-70-76(83)69-94-100(88,89)96-73-77(71-92-79(84)65-60-55-50-21-18-15-12-8-3)98-81(86)67-62-57-52-47-43-39-33-29-27-25-23-20-17-14-11-7-2/h75-78,83H,6-74H2,1-5H3,(H,88,89)(H,90,91)/t75?,76-,77+,78+/m0/s1. The zero-order valence-electron chi connectivity index (χ0n) is 66.1. The normalized spacial score (nSPS) is 14.1. The van der Waals surface area contributed by atoms with Crippen LogP contribution in [-0.2, 0) is 65.4 Å². The number of aliphatic hydroxyl groups is 1. The second kappa shape index (κ2) is 74.9. The van der Waals surface area contributed by atoms with E-state index >= 15 is 0 Å². The van der Waals surface area contributed by atoms with Crippen LogP contribution in [0.5, 0.6) is 0 Å². The van der Waals surface area contributed by atoms with Crippen LogP contribution in [0.1, 0.15) is 439 Å². The van der Waals surface area contributed by atoms with Gasteiger partial charge >= 0.3 is 39.5 Å². The van der Waals surface area contributed by atoms with Crippen LogP contribution in [0.15, 0.2) is 0 Å². The summed E-state index contributed by atoms with van der Waals surface area (Å²) in [6.45, 7) is 7.37. The van der Waals surface area contributed by atoms with Gasteiger partial charge in [-0.15, -0.1) is 0 Å². The number of esters is 4. The first-order valence-corrected chi connectivity index (χ1v) is 45.7. The fraction of sp³-hybridized carbons (Fsp3) is 0.951. The Morgan fingerprint density at radius 2 is 0.475 bits per heavy atom. The number of phosphoric ester groups is 2. The van der Waals surface area contributed by atoms with E-state index in [-0.39, 0.29) is 25.7 Å². The van der Waals surface area contributed by atoms with Crippen molar-refractivity contribution in [2.24, 2.45) is 5.92 Å². The molecule has 0 aromatic rings. The van der Waals surface area contributed by atoms with E-state index in [1.807, 2.05) is 0 Å². The fourth-order valence-corrected chi connectivity index (χ4v) is 14.3. The van der Waals surface area contributed by atoms with Gasteiger partial charge in [-0.1, -0.05) is 388 Å². The van der Waals surface area contributed by atoms with Crippen LogP contribution in [0.2, 0.25) is 0 Å². The van der Waals surface area contributed by atoms with Crippen molar-refractivity contribution in [1.82, 2.24) is 0 Å². The maximum absolute atomic E-state index is 13.1. The Kier molecular flexibility index (Phi) is 73.5. The van der Waals surface area contributed by atoms with Crippen molar-refractivity contribution < 1.29 is 80.2 Å². The second-order valence-electron chi connectivity index (χ2n) is 29.8. The molecule has 0 aliphatic rings. The molecule has 0 fully saturated rings. The van der Waals surface area contributed by atoms with E-state index in [0.29, 0.717) is 25.7 Å². The molecule has 0 aromatic carbocycles. The van der Waals surface area contributed by atoms with Crippen LogP contribution >= 0.6 is 15.6 Å². The van der Waals surface area contributed by atoms with Gasteiger partial charge in [0.15, 0.2) is 12.2 Å². The number of carbonyl (C=O) groups excluding carboxylic acids is 4. The number of ether oxygens (including phenoxy) is 4. The summed E-state index contributed by atoms with van der Waals surface area (Å²) in [5, 5.41) is 10.6. The van der Waals surface area contributed by atoms with E-state index in [1.54, 1.807) is 0 Å². The number of phosphoric acid groups is 2. The van der Waals surface area contributed by atoms with Crippen LogP contribution in [0, 0.1) is 5.92 Å². The molecule has 101 heavy (non-hydrogen) atoms. The summed E-state index contributed by atoms with van der Waals surface area (Å²) in [6.07, 6.45) is 66.6. The van der Waals surface area contributed by atoms with Gasteiger partial charge in [-0.3, -0.25) is 37.3 Å². The first-order valence-electron chi connectivity index (χ1n) is 42.7. The lowest BCUT2D eigenvalue weighted by molar-refractivity contribution is -0.161. The van der Waals surface area contributed by atoms with Crippen LogP contribution in [-0.4, -0.2) is 96.7 Å². The van der Waals surface area contributed by atoms with Crippen LogP contribution in [0.3, 0.4) is 0 Å². The molecule has 600 valence electrons. The molecule has 0 spiro atoms. The molecule has 17 nitrogen and oxygen atoms in total. The Bertz CT molecular complexity index is 1930. The van der Waals surface area contributed by atoms with Gasteiger partial charge in [0.05, 0.1) is 26.4 Å². The highest BCUT2D eigenvalue weighted by Gasteiger charge is 2.30. The predicted molar refractivity (Wildman–Crippen MR) is 414 cm³/mol. The number of unbranched alkanes of at least 4 members (excludes halogenated alkanes) is 53. The van der Waals surface area contributed by atoms with Crippen molar-refractivity contribution in [3.05, 3.63) is 0 Å². The Morgan fingerprint density at radius 3 is 0.703 bits per heavy atom. The molecule has 6 atom stereocenters. The number of hydrogen-bond acceptors (Lipinski definition) is 15. The zero-order valence-corrected chi connectivity index (χ0v) is 67.8. The summed E-state index contributed by atoms with van der Waals surface area (Å²) in [5.41, 5.74) is 0. The maximum Gasteiger partial charge on any atom is 0.472 e. The second-order valence-corrected chi connectivity index (χ2v) is 32.7. The van der Waals surface area contributed by atoms with Crippen LogP contribution in [0.4, 0.5) is 0 Å². The molecular weight excluding hydrogens is 1320 g/mol. The molecule has 0 saturated carbocycles. The molecule has 0 amide bonds. The molecule has 0 heterocycles. The van der Waals surface area contributed by atoms with Crippen molar-refractivity contribution in [2.45, 2.75) is 457 Å². The van der Waals surface area contributed by atoms with Gasteiger partial charge in [-0.2, -0.15) is 0 Å². The lowest BCUT2D eigenvalue weighted by Gasteiger charge is -2.21. The molecule has 3 N–H and O–H groups in total. The maximum atomic E-state index is 13.1. The van der Waals surface area contributed by atoms with Crippen molar-refractivity contribution in [3.63, 3.8) is 0 Å². The molecule has 0 rings (SSSR count). The first kappa shape index (κ1) is 99.1. The number of carbonyl (C=O) groups is 4. The van der Waals surface area contributed by atoms with Crippen molar-refractivity contribution in [3.8, 4) is 0 Å². The molecule has 0 aliphatic heterocycles. The molecule has 0 saturated heterocycles. The summed E-state index contributed by atoms with van der Waals surface area (Å²) < 4.78 is 68.7. The van der Waals surface area contributed by atoms with Gasteiger partial charge < -0.3 is 33.8 Å². The quantitative estimate of drug-likeness (QED) is 0.0222. The van der Waals surface area contributed by atoms with Gasteiger partial charge in [-0.05, 0) is 31.6 Å². The van der Waals surface area contributed by atoms with Gasteiger partial charge in [-0.25, -0.2) is 9.13 Å². The Morgan fingerprint density at radius 1 is 0.277 bits per heavy atom. The van der Waals surface area contributed by atoms with Gasteiger partial charge in [0.2, 0.25) is 0 Å². The monoisotopic (exact) mass is 1480 g/mol. The summed E-state index contributed by atoms with van der Waals surface area (Å²) >= 11 is 0. The molecule has 19 heteroatoms. The predicted octanol–water partition coefficient (Wildman–Crippen LogP) is 24.8. The van der Waals surface area contributed by atoms with E-state index in [4.69, 9.17) is 37.0 Å². The highest BCUT2D eigenvalue weighted by Crippen LogP contribution is 2.45. The Balaban J connectivity index is 5.20. The number of rotatable bonds is 82. The highest BCUT2D eigenvalue weighted by molar-refractivity contribution is 7.47. The molecule has 0 aliphatic carbocycles. The highest BCUT2D eigenvalue weighted by atomic mass is 31.2. The molecular formula is C82H160O17P2. The first-order chi connectivity index (χ1) is 49.1. The Labute approximate surface area is 619 Å². The van der Waals surface area contributed by atoms with Crippen LogP contribution < -0.4 is 0 Å². The van der Waals surface area contributed by atoms with Gasteiger partial charge in [0.1, 0.15) is 19.3 Å². The van der Waals surface area contributed by atoms with E-state index in [0.717, 1.165) is 95.8 Å². The van der Waals surface area contributed by atoms with Gasteiger partial charge in [0.25, 0.3) is 0 Å². The van der Waals surface area contributed by atoms with Gasteiger partial charge in [0, 0.05) is 25.7 Å². The summed E-state index contributed by atoms with van der Waals surface area (Å²) in [4.78, 5) is 73.0. The van der Waals surface area contributed by atoms with Crippen molar-refractivity contribution in [2.75, 3.05) is 39.6 Å². The SMILES string of the molecule is CCCCCCCCCCCCCCCCCCCCCC(=O)O[C@H](COC(=O)CCCCCCCCCCCCCCCCC(C)CC)COP(=O)(O)OC[C@@H](O)COP(=O)(O)OC[C@@H](COC(=O)CCCCCCCCCC)OC(=O)CCCCCCCCCCCCCCCCCC. The third-order valence-corrected chi connectivity index (χ3v) is 21.5.